The first-order valence-corrected chi connectivity index (χ1v) is 9.22. The number of nitrogens with zero attached hydrogens (tertiary/aromatic N) is 2. The summed E-state index contributed by atoms with van der Waals surface area (Å²) in [6, 6.07) is 14.8. The van der Waals surface area contributed by atoms with Gasteiger partial charge in [0.05, 0.1) is 0 Å². The van der Waals surface area contributed by atoms with E-state index < -0.39 is 0 Å². The first-order chi connectivity index (χ1) is 12.4. The zero-order valence-corrected chi connectivity index (χ0v) is 16.4. The summed E-state index contributed by atoms with van der Waals surface area (Å²) >= 11 is 12.1. The van der Waals surface area contributed by atoms with E-state index in [9.17, 15) is 9.59 Å². The molecule has 0 aliphatic carbocycles. The van der Waals surface area contributed by atoms with Gasteiger partial charge in [0.2, 0.25) is 11.8 Å². The third-order valence-corrected chi connectivity index (χ3v) is 4.48. The second kappa shape index (κ2) is 9.60. The van der Waals surface area contributed by atoms with E-state index in [4.69, 9.17) is 23.2 Å². The highest BCUT2D eigenvalue weighted by molar-refractivity contribution is 6.35. The summed E-state index contributed by atoms with van der Waals surface area (Å²) in [6.45, 7) is 4.84. The van der Waals surface area contributed by atoms with Crippen molar-refractivity contribution in [2.24, 2.45) is 0 Å². The van der Waals surface area contributed by atoms with Crippen molar-refractivity contribution >= 4 is 40.7 Å². The molecule has 2 aromatic carbocycles. The molecular formula is C20H22Cl2N2O2. The molecule has 0 N–H and O–H groups in total. The van der Waals surface area contributed by atoms with Crippen molar-refractivity contribution in [1.29, 1.82) is 0 Å². The van der Waals surface area contributed by atoms with E-state index in [1.165, 1.54) is 11.8 Å². The lowest BCUT2D eigenvalue weighted by Gasteiger charge is -2.25. The van der Waals surface area contributed by atoms with Crippen molar-refractivity contribution in [2.45, 2.75) is 26.8 Å². The number of hydrogen-bond donors (Lipinski definition) is 0. The molecule has 0 saturated carbocycles. The largest absolute Gasteiger partial charge is 0.339 e. The van der Waals surface area contributed by atoms with Crippen LogP contribution < -0.4 is 4.90 Å². The topological polar surface area (TPSA) is 40.6 Å². The SMILES string of the molecule is CCN(Cc1ccccc1)C(=O)CCN(C(C)=O)c1cc(Cl)cc(Cl)c1. The van der Waals surface area contributed by atoms with E-state index >= 15 is 0 Å². The molecule has 26 heavy (non-hydrogen) atoms. The van der Waals surface area contributed by atoms with Gasteiger partial charge < -0.3 is 9.80 Å². The van der Waals surface area contributed by atoms with Crippen molar-refractivity contribution in [1.82, 2.24) is 4.90 Å². The van der Waals surface area contributed by atoms with Gasteiger partial charge in [-0.3, -0.25) is 9.59 Å². The lowest BCUT2D eigenvalue weighted by Crippen LogP contribution is -2.36. The molecule has 0 aliphatic rings. The average molecular weight is 393 g/mol. The van der Waals surface area contributed by atoms with Gasteiger partial charge in [-0.15, -0.1) is 0 Å². The van der Waals surface area contributed by atoms with E-state index in [1.54, 1.807) is 23.1 Å². The minimum absolute atomic E-state index is 0.00396. The van der Waals surface area contributed by atoms with Crippen molar-refractivity contribution in [3.8, 4) is 0 Å². The Morgan fingerprint density at radius 2 is 1.62 bits per heavy atom. The Kier molecular flexibility index (Phi) is 7.49. The summed E-state index contributed by atoms with van der Waals surface area (Å²) in [4.78, 5) is 27.9. The molecular weight excluding hydrogens is 371 g/mol. The summed E-state index contributed by atoms with van der Waals surface area (Å²) in [6.07, 6.45) is 0.227. The van der Waals surface area contributed by atoms with E-state index in [-0.39, 0.29) is 24.8 Å². The van der Waals surface area contributed by atoms with Crippen molar-refractivity contribution < 1.29 is 9.59 Å². The fraction of sp³-hybridized carbons (Fsp3) is 0.300. The predicted octanol–water partition coefficient (Wildman–Crippen LogP) is 4.79. The lowest BCUT2D eigenvalue weighted by molar-refractivity contribution is -0.131. The average Bonchev–Trinajstić information content (AvgIpc) is 2.59. The Balaban J connectivity index is 2.05. The maximum Gasteiger partial charge on any atom is 0.224 e. The minimum atomic E-state index is -0.165. The van der Waals surface area contributed by atoms with Crippen LogP contribution in [0.2, 0.25) is 10.0 Å². The number of halogens is 2. The van der Waals surface area contributed by atoms with Gasteiger partial charge >= 0.3 is 0 Å². The first kappa shape index (κ1) is 20.3. The van der Waals surface area contributed by atoms with E-state index in [0.717, 1.165) is 5.56 Å². The number of carbonyl (C=O) groups excluding carboxylic acids is 2. The number of anilines is 1. The Morgan fingerprint density at radius 3 is 2.15 bits per heavy atom. The maximum absolute atomic E-state index is 12.6. The third kappa shape index (κ3) is 5.75. The molecule has 0 saturated heterocycles. The van der Waals surface area contributed by atoms with Crippen molar-refractivity contribution in [2.75, 3.05) is 18.0 Å². The van der Waals surface area contributed by atoms with Gasteiger partial charge in [0.25, 0.3) is 0 Å². The van der Waals surface area contributed by atoms with Crippen LogP contribution in [0.1, 0.15) is 25.8 Å². The number of hydrogen-bond acceptors (Lipinski definition) is 2. The molecule has 0 heterocycles. The molecule has 0 bridgehead atoms. The molecule has 0 spiro atoms. The molecule has 0 radical (unpaired) electrons. The Labute approximate surface area is 164 Å². The zero-order chi connectivity index (χ0) is 19.1. The molecule has 0 atom stereocenters. The molecule has 2 amide bonds. The van der Waals surface area contributed by atoms with Gasteiger partial charge in [-0.2, -0.15) is 0 Å². The minimum Gasteiger partial charge on any atom is -0.339 e. The smallest absolute Gasteiger partial charge is 0.224 e. The van der Waals surface area contributed by atoms with Crippen LogP contribution in [0.4, 0.5) is 5.69 Å². The number of rotatable bonds is 7. The highest BCUT2D eigenvalue weighted by atomic mass is 35.5. The summed E-state index contributed by atoms with van der Waals surface area (Å²) in [5.41, 5.74) is 1.67. The van der Waals surface area contributed by atoms with Crippen LogP contribution in [0, 0.1) is 0 Å². The van der Waals surface area contributed by atoms with Crippen LogP contribution >= 0.6 is 23.2 Å². The summed E-state index contributed by atoms with van der Waals surface area (Å²) < 4.78 is 0. The van der Waals surface area contributed by atoms with Gasteiger partial charge in [-0.1, -0.05) is 53.5 Å². The normalized spacial score (nSPS) is 10.5. The van der Waals surface area contributed by atoms with Crippen LogP contribution in [0.5, 0.6) is 0 Å². The summed E-state index contributed by atoms with van der Waals surface area (Å²) in [5.74, 6) is -0.169. The monoisotopic (exact) mass is 392 g/mol. The van der Waals surface area contributed by atoms with Gasteiger partial charge in [0.15, 0.2) is 0 Å². The third-order valence-electron chi connectivity index (χ3n) is 4.04. The Morgan fingerprint density at radius 1 is 1.00 bits per heavy atom. The van der Waals surface area contributed by atoms with Crippen LogP contribution in [0.15, 0.2) is 48.5 Å². The van der Waals surface area contributed by atoms with Gasteiger partial charge in [-0.25, -0.2) is 0 Å². The molecule has 2 aromatic rings. The molecule has 0 aromatic heterocycles. The van der Waals surface area contributed by atoms with Crippen molar-refractivity contribution in [3.05, 3.63) is 64.1 Å². The highest BCUT2D eigenvalue weighted by Gasteiger charge is 2.17. The maximum atomic E-state index is 12.6. The quantitative estimate of drug-likeness (QED) is 0.679. The van der Waals surface area contributed by atoms with E-state index in [2.05, 4.69) is 0 Å². The molecule has 6 heteroatoms. The Hall–Kier alpha value is -2.04. The van der Waals surface area contributed by atoms with Gasteiger partial charge in [0, 0.05) is 48.7 Å². The fourth-order valence-corrected chi connectivity index (χ4v) is 3.22. The second-order valence-electron chi connectivity index (χ2n) is 5.94. The highest BCUT2D eigenvalue weighted by Crippen LogP contribution is 2.26. The van der Waals surface area contributed by atoms with Crippen LogP contribution in [-0.2, 0) is 16.1 Å². The molecule has 138 valence electrons. The molecule has 0 fully saturated rings. The molecule has 0 unspecified atom stereocenters. The van der Waals surface area contributed by atoms with Crippen LogP contribution in [0.3, 0.4) is 0 Å². The molecule has 0 aliphatic heterocycles. The van der Waals surface area contributed by atoms with Crippen LogP contribution in [-0.4, -0.2) is 29.8 Å². The summed E-state index contributed by atoms with van der Waals surface area (Å²) in [7, 11) is 0. The second-order valence-corrected chi connectivity index (χ2v) is 6.81. The summed E-state index contributed by atoms with van der Waals surface area (Å²) in [5, 5.41) is 0.897. The first-order valence-electron chi connectivity index (χ1n) is 8.46. The van der Waals surface area contributed by atoms with E-state index in [1.807, 2.05) is 37.3 Å². The van der Waals surface area contributed by atoms with Gasteiger partial charge in [-0.05, 0) is 30.7 Å². The predicted molar refractivity (Wildman–Crippen MR) is 107 cm³/mol. The number of carbonyl (C=O) groups is 2. The lowest BCUT2D eigenvalue weighted by atomic mass is 10.2. The van der Waals surface area contributed by atoms with Gasteiger partial charge in [0.1, 0.15) is 0 Å². The number of amides is 2. The van der Waals surface area contributed by atoms with E-state index in [0.29, 0.717) is 28.8 Å². The Bertz CT molecular complexity index is 745. The standard InChI is InChI=1S/C20H22Cl2N2O2/c1-3-23(14-16-7-5-4-6-8-16)20(26)9-10-24(15(2)25)19-12-17(21)11-18(22)13-19/h4-8,11-13H,3,9-10,14H2,1-2H3. The van der Waals surface area contributed by atoms with Crippen molar-refractivity contribution in [3.63, 3.8) is 0 Å². The molecule has 2 rings (SSSR count). The molecule has 4 nitrogen and oxygen atoms in total. The van der Waals surface area contributed by atoms with Crippen LogP contribution in [0.25, 0.3) is 0 Å². The zero-order valence-electron chi connectivity index (χ0n) is 14.9. The fourth-order valence-electron chi connectivity index (χ4n) is 2.71. The number of benzene rings is 2.